The first-order valence-electron chi connectivity index (χ1n) is 8.00. The number of carbonyl (C=O) groups is 1. The molecule has 0 aliphatic rings. The molecular formula is C20H17NO4S. The van der Waals surface area contributed by atoms with Gasteiger partial charge in [0, 0.05) is 5.56 Å². The van der Waals surface area contributed by atoms with Crippen LogP contribution >= 0.6 is 11.8 Å². The molecule has 3 rings (SSSR count). The van der Waals surface area contributed by atoms with Crippen LogP contribution in [-0.4, -0.2) is 27.6 Å². The predicted octanol–water partition coefficient (Wildman–Crippen LogP) is 4.00. The van der Waals surface area contributed by atoms with E-state index in [1.54, 1.807) is 6.07 Å². The lowest BCUT2D eigenvalue weighted by Gasteiger charge is -1.93. The van der Waals surface area contributed by atoms with Gasteiger partial charge in [0.25, 0.3) is 0 Å². The molecule has 2 heterocycles. The highest BCUT2D eigenvalue weighted by molar-refractivity contribution is 8.00. The summed E-state index contributed by atoms with van der Waals surface area (Å²) < 4.78 is 11.5. The van der Waals surface area contributed by atoms with E-state index in [2.05, 4.69) is 16.8 Å². The quantitative estimate of drug-likeness (QED) is 0.524. The normalized spacial score (nSPS) is 10.3. The zero-order valence-electron chi connectivity index (χ0n) is 14.2. The molecule has 0 saturated heterocycles. The first-order valence-corrected chi connectivity index (χ1v) is 9.16. The van der Waals surface area contributed by atoms with Crippen molar-refractivity contribution in [3.63, 3.8) is 0 Å². The number of aryl methyl sites for hydroxylation is 1. The summed E-state index contributed by atoms with van der Waals surface area (Å²) in [4.78, 5) is 15.0. The monoisotopic (exact) mass is 367 g/mol. The zero-order chi connectivity index (χ0) is 18.4. The summed E-state index contributed by atoms with van der Waals surface area (Å²) in [5.41, 5.74) is 1.77. The van der Waals surface area contributed by atoms with Crippen molar-refractivity contribution >= 4 is 17.7 Å². The molecule has 2 aromatic heterocycles. The molecule has 5 nitrogen and oxygen atoms in total. The Morgan fingerprint density at radius 2 is 2.00 bits per heavy atom. The number of hydrogen-bond acceptors (Lipinski definition) is 5. The minimum Gasteiger partial charge on any atom is -0.481 e. The second-order valence-corrected chi connectivity index (χ2v) is 6.50. The first-order chi connectivity index (χ1) is 12.6. The highest BCUT2D eigenvalue weighted by atomic mass is 32.2. The van der Waals surface area contributed by atoms with Crippen molar-refractivity contribution < 1.29 is 18.7 Å². The van der Waals surface area contributed by atoms with Crippen LogP contribution in [0.4, 0.5) is 0 Å². The average molecular weight is 367 g/mol. The number of thioether (sulfide) groups is 1. The average Bonchev–Trinajstić information content (AvgIpc) is 3.22. The van der Waals surface area contributed by atoms with E-state index >= 15 is 0 Å². The third-order valence-electron chi connectivity index (χ3n) is 3.53. The Hall–Kier alpha value is -2.91. The van der Waals surface area contributed by atoms with E-state index in [0.717, 1.165) is 22.8 Å². The molecule has 26 heavy (non-hydrogen) atoms. The third-order valence-corrected chi connectivity index (χ3v) is 4.33. The van der Waals surface area contributed by atoms with Gasteiger partial charge in [-0.3, -0.25) is 4.79 Å². The minimum absolute atomic E-state index is 0.0489. The number of furan rings is 1. The standard InChI is InChI=1S/C20H17NO4S/c1-14-18(21-20(24-14)15-6-3-2-4-7-15)12-17-10-9-16(25-17)8-5-11-26-13-19(22)23/h2-4,6-7,9-10H,11-13H2,1H3,(H,22,23). The molecule has 0 aliphatic heterocycles. The number of hydrogen-bond donors (Lipinski definition) is 1. The van der Waals surface area contributed by atoms with Crippen LogP contribution in [0.2, 0.25) is 0 Å². The van der Waals surface area contributed by atoms with E-state index in [1.165, 1.54) is 11.8 Å². The summed E-state index contributed by atoms with van der Waals surface area (Å²) in [6.07, 6.45) is 0.525. The summed E-state index contributed by atoms with van der Waals surface area (Å²) in [5, 5.41) is 8.57. The first kappa shape index (κ1) is 17.9. The number of carboxylic acids is 1. The Bertz CT molecular complexity index is 947. The van der Waals surface area contributed by atoms with Crippen LogP contribution < -0.4 is 0 Å². The molecule has 132 valence electrons. The van der Waals surface area contributed by atoms with Gasteiger partial charge in [0.05, 0.1) is 23.6 Å². The molecule has 1 N–H and O–H groups in total. The lowest BCUT2D eigenvalue weighted by molar-refractivity contribution is -0.133. The Balaban J connectivity index is 1.64. The predicted molar refractivity (Wildman–Crippen MR) is 100 cm³/mol. The van der Waals surface area contributed by atoms with E-state index in [9.17, 15) is 4.79 Å². The van der Waals surface area contributed by atoms with Crippen LogP contribution in [0.5, 0.6) is 0 Å². The fourth-order valence-corrected chi connectivity index (χ4v) is 2.76. The van der Waals surface area contributed by atoms with Gasteiger partial charge >= 0.3 is 5.97 Å². The molecule has 0 atom stereocenters. The number of benzene rings is 1. The SMILES string of the molecule is Cc1oc(-c2ccccc2)nc1Cc1ccc(C#CCSCC(=O)O)o1. The van der Waals surface area contributed by atoms with Crippen molar-refractivity contribution in [3.05, 3.63) is 65.4 Å². The van der Waals surface area contributed by atoms with Crippen molar-refractivity contribution in [2.24, 2.45) is 0 Å². The Labute approximate surface area is 155 Å². The fraction of sp³-hybridized carbons (Fsp3) is 0.200. The van der Waals surface area contributed by atoms with Crippen molar-refractivity contribution in [1.29, 1.82) is 0 Å². The maximum absolute atomic E-state index is 10.4. The summed E-state index contributed by atoms with van der Waals surface area (Å²) in [6, 6.07) is 13.4. The fourth-order valence-electron chi connectivity index (χ4n) is 2.31. The molecule has 0 unspecified atom stereocenters. The Morgan fingerprint density at radius 3 is 2.77 bits per heavy atom. The topological polar surface area (TPSA) is 76.5 Å². The highest BCUT2D eigenvalue weighted by Crippen LogP contribution is 2.23. The molecule has 0 aliphatic carbocycles. The van der Waals surface area contributed by atoms with Gasteiger partial charge in [-0.1, -0.05) is 24.1 Å². The second-order valence-electron chi connectivity index (χ2n) is 5.52. The number of aliphatic carboxylic acids is 1. The van der Waals surface area contributed by atoms with E-state index < -0.39 is 5.97 Å². The Morgan fingerprint density at radius 1 is 1.19 bits per heavy atom. The molecule has 0 fully saturated rings. The van der Waals surface area contributed by atoms with Crippen LogP contribution in [0.3, 0.4) is 0 Å². The minimum atomic E-state index is -0.838. The zero-order valence-corrected chi connectivity index (χ0v) is 15.0. The van der Waals surface area contributed by atoms with Gasteiger partial charge < -0.3 is 13.9 Å². The summed E-state index contributed by atoms with van der Waals surface area (Å²) in [5.74, 6) is 8.12. The van der Waals surface area contributed by atoms with Crippen molar-refractivity contribution in [2.75, 3.05) is 11.5 Å². The van der Waals surface area contributed by atoms with Crippen molar-refractivity contribution in [2.45, 2.75) is 13.3 Å². The molecule has 1 aromatic carbocycles. The smallest absolute Gasteiger partial charge is 0.313 e. The van der Waals surface area contributed by atoms with Crippen LogP contribution in [0.25, 0.3) is 11.5 Å². The molecule has 0 bridgehead atoms. The second kappa shape index (κ2) is 8.45. The third kappa shape index (κ3) is 4.80. The molecule has 0 amide bonds. The van der Waals surface area contributed by atoms with E-state index in [0.29, 0.717) is 23.8 Å². The van der Waals surface area contributed by atoms with E-state index in [4.69, 9.17) is 13.9 Å². The van der Waals surface area contributed by atoms with Crippen molar-refractivity contribution in [1.82, 2.24) is 4.98 Å². The van der Waals surface area contributed by atoms with Gasteiger partial charge in [-0.25, -0.2) is 4.98 Å². The van der Waals surface area contributed by atoms with Crippen LogP contribution in [0, 0.1) is 18.8 Å². The van der Waals surface area contributed by atoms with Gasteiger partial charge in [0.2, 0.25) is 5.89 Å². The van der Waals surface area contributed by atoms with Crippen LogP contribution in [0.15, 0.2) is 51.3 Å². The van der Waals surface area contributed by atoms with Gasteiger partial charge in [-0.15, -0.1) is 11.8 Å². The summed E-state index contributed by atoms with van der Waals surface area (Å²) in [6.45, 7) is 1.89. The summed E-state index contributed by atoms with van der Waals surface area (Å²) in [7, 11) is 0. The summed E-state index contributed by atoms with van der Waals surface area (Å²) >= 11 is 1.26. The number of rotatable bonds is 6. The van der Waals surface area contributed by atoms with E-state index in [1.807, 2.05) is 43.3 Å². The molecule has 3 aromatic rings. The maximum Gasteiger partial charge on any atom is 0.313 e. The molecule has 0 radical (unpaired) electrons. The molecule has 0 spiro atoms. The van der Waals surface area contributed by atoms with Gasteiger partial charge in [-0.2, -0.15) is 0 Å². The van der Waals surface area contributed by atoms with Crippen LogP contribution in [0.1, 0.15) is 23.0 Å². The number of carboxylic acid groups (broad SMARTS) is 1. The lowest BCUT2D eigenvalue weighted by Crippen LogP contribution is -1.97. The molecule has 0 saturated carbocycles. The molecule has 6 heteroatoms. The lowest BCUT2D eigenvalue weighted by atomic mass is 10.2. The van der Waals surface area contributed by atoms with E-state index in [-0.39, 0.29) is 5.75 Å². The molecular weight excluding hydrogens is 350 g/mol. The number of aromatic nitrogens is 1. The Kier molecular flexibility index (Phi) is 5.82. The van der Waals surface area contributed by atoms with Gasteiger partial charge in [-0.05, 0) is 37.1 Å². The number of oxazole rings is 1. The van der Waals surface area contributed by atoms with Crippen molar-refractivity contribution in [3.8, 4) is 23.3 Å². The van der Waals surface area contributed by atoms with Gasteiger partial charge in [0.15, 0.2) is 5.76 Å². The largest absolute Gasteiger partial charge is 0.481 e. The maximum atomic E-state index is 10.4. The van der Waals surface area contributed by atoms with Gasteiger partial charge in [0.1, 0.15) is 11.5 Å². The van der Waals surface area contributed by atoms with Crippen LogP contribution in [-0.2, 0) is 11.2 Å². The number of nitrogens with zero attached hydrogens (tertiary/aromatic N) is 1. The highest BCUT2D eigenvalue weighted by Gasteiger charge is 2.13.